The first kappa shape index (κ1) is 22.3. The molecule has 0 saturated heterocycles. The van der Waals surface area contributed by atoms with E-state index in [-0.39, 0.29) is 10.5 Å². The minimum Gasteiger partial charge on any atom is -0.264 e. The van der Waals surface area contributed by atoms with Crippen molar-refractivity contribution in [1.82, 2.24) is 9.71 Å². The van der Waals surface area contributed by atoms with Gasteiger partial charge in [0.2, 0.25) is 10.0 Å². The van der Waals surface area contributed by atoms with Gasteiger partial charge in [-0.1, -0.05) is 17.7 Å². The highest BCUT2D eigenvalue weighted by Gasteiger charge is 2.31. The van der Waals surface area contributed by atoms with E-state index < -0.39 is 48.2 Å². The molecule has 0 spiro atoms. The van der Waals surface area contributed by atoms with Crippen LogP contribution in [0.5, 0.6) is 0 Å². The topological polar surface area (TPSA) is 93.2 Å². The normalized spacial score (nSPS) is 13.2. The van der Waals surface area contributed by atoms with E-state index in [1.807, 2.05) is 0 Å². The Morgan fingerprint density at radius 2 is 1.70 bits per heavy atom. The van der Waals surface area contributed by atoms with Crippen LogP contribution >= 0.6 is 11.6 Å². The van der Waals surface area contributed by atoms with Crippen molar-refractivity contribution in [1.29, 1.82) is 0 Å². The average molecular weight is 473 g/mol. The highest BCUT2D eigenvalue weighted by Crippen LogP contribution is 2.29. The summed E-state index contributed by atoms with van der Waals surface area (Å²) in [6.45, 7) is -0.630. The maximum atomic E-state index is 13.9. The van der Waals surface area contributed by atoms with Crippen LogP contribution in [0.2, 0.25) is 5.02 Å². The number of aromatic nitrogens is 1. The maximum absolute atomic E-state index is 13.9. The molecule has 3 rings (SSSR count). The van der Waals surface area contributed by atoms with Gasteiger partial charge in [0.1, 0.15) is 21.8 Å². The third-order valence-electron chi connectivity index (χ3n) is 4.21. The minimum atomic E-state index is -4.54. The molecule has 0 amide bonds. The maximum Gasteiger partial charge on any atom is 0.243 e. The number of halogens is 3. The smallest absolute Gasteiger partial charge is 0.243 e. The summed E-state index contributed by atoms with van der Waals surface area (Å²) in [5, 5.41) is -1.05. The number of hydrogen-bond acceptors (Lipinski definition) is 5. The van der Waals surface area contributed by atoms with Gasteiger partial charge in [0.25, 0.3) is 0 Å². The second-order valence-electron chi connectivity index (χ2n) is 6.20. The van der Waals surface area contributed by atoms with Gasteiger partial charge in [-0.05, 0) is 54.1 Å². The standard InChI is InChI=1S/C19H15ClF2N2O4S2/c20-14-3-6-16(7-4-14)29(25,26)19(13-2-1-9-23-11-13)12-24-30(27,28)18-10-15(21)5-8-17(18)22/h1-11,19,24H,12H2. The first-order valence-corrected chi connectivity index (χ1v) is 11.9. The van der Waals surface area contributed by atoms with Gasteiger partial charge in [-0.2, -0.15) is 0 Å². The van der Waals surface area contributed by atoms with Crippen molar-refractivity contribution >= 4 is 31.5 Å². The molecule has 30 heavy (non-hydrogen) atoms. The summed E-state index contributed by atoms with van der Waals surface area (Å²) in [6.07, 6.45) is 2.72. The molecular weight excluding hydrogens is 458 g/mol. The third kappa shape index (κ3) is 4.84. The minimum absolute atomic E-state index is 0.0862. The number of pyridine rings is 1. The first-order chi connectivity index (χ1) is 14.1. The second kappa shape index (κ2) is 8.76. The van der Waals surface area contributed by atoms with E-state index in [4.69, 9.17) is 11.6 Å². The molecule has 1 heterocycles. The largest absolute Gasteiger partial charge is 0.264 e. The molecule has 0 fully saturated rings. The van der Waals surface area contributed by atoms with E-state index in [0.717, 1.165) is 6.07 Å². The highest BCUT2D eigenvalue weighted by atomic mass is 35.5. The van der Waals surface area contributed by atoms with E-state index in [0.29, 0.717) is 17.2 Å². The SMILES string of the molecule is O=S(=O)(NCC(c1cccnc1)S(=O)(=O)c1ccc(Cl)cc1)c1cc(F)ccc1F. The van der Waals surface area contributed by atoms with Gasteiger partial charge in [-0.15, -0.1) is 0 Å². The van der Waals surface area contributed by atoms with Crippen LogP contribution in [0.25, 0.3) is 0 Å². The van der Waals surface area contributed by atoms with E-state index in [2.05, 4.69) is 9.71 Å². The van der Waals surface area contributed by atoms with Gasteiger partial charge < -0.3 is 0 Å². The van der Waals surface area contributed by atoms with Gasteiger partial charge in [-0.25, -0.2) is 30.3 Å². The molecule has 158 valence electrons. The average Bonchev–Trinajstić information content (AvgIpc) is 2.71. The van der Waals surface area contributed by atoms with E-state index in [1.54, 1.807) is 0 Å². The number of rotatable bonds is 7. The summed E-state index contributed by atoms with van der Waals surface area (Å²) < 4.78 is 80.8. The van der Waals surface area contributed by atoms with Gasteiger partial charge in [-0.3, -0.25) is 4.98 Å². The lowest BCUT2D eigenvalue weighted by Crippen LogP contribution is -2.32. The predicted molar refractivity (Wildman–Crippen MR) is 107 cm³/mol. The molecule has 1 N–H and O–H groups in total. The summed E-state index contributed by atoms with van der Waals surface area (Å²) >= 11 is 5.81. The second-order valence-corrected chi connectivity index (χ2v) is 10.5. The zero-order chi connectivity index (χ0) is 21.9. The van der Waals surface area contributed by atoms with Crippen LogP contribution in [0, 0.1) is 11.6 Å². The molecule has 1 unspecified atom stereocenters. The van der Waals surface area contributed by atoms with E-state index in [1.165, 1.54) is 48.8 Å². The Labute approximate surface area is 177 Å². The summed E-state index contributed by atoms with van der Waals surface area (Å²) in [7, 11) is -8.62. The van der Waals surface area contributed by atoms with Crippen molar-refractivity contribution in [2.75, 3.05) is 6.54 Å². The zero-order valence-corrected chi connectivity index (χ0v) is 17.6. The van der Waals surface area contributed by atoms with Crippen molar-refractivity contribution in [2.24, 2.45) is 0 Å². The molecular formula is C19H15ClF2N2O4S2. The van der Waals surface area contributed by atoms with Gasteiger partial charge in [0.15, 0.2) is 9.84 Å². The lowest BCUT2D eigenvalue weighted by Gasteiger charge is -2.19. The lowest BCUT2D eigenvalue weighted by molar-refractivity contribution is 0.543. The van der Waals surface area contributed by atoms with E-state index in [9.17, 15) is 25.6 Å². The summed E-state index contributed by atoms with van der Waals surface area (Å²) in [4.78, 5) is 2.88. The van der Waals surface area contributed by atoms with Crippen molar-refractivity contribution < 1.29 is 25.6 Å². The predicted octanol–water partition coefficient (Wildman–Crippen LogP) is 3.51. The summed E-state index contributed by atoms with van der Waals surface area (Å²) in [5.74, 6) is -2.11. The van der Waals surface area contributed by atoms with Crippen molar-refractivity contribution in [3.05, 3.63) is 89.2 Å². The molecule has 0 bridgehead atoms. The number of hydrogen-bond donors (Lipinski definition) is 1. The fourth-order valence-electron chi connectivity index (χ4n) is 2.71. The van der Waals surface area contributed by atoms with Crippen molar-refractivity contribution in [2.45, 2.75) is 15.0 Å². The van der Waals surface area contributed by atoms with Gasteiger partial charge in [0, 0.05) is 24.0 Å². The zero-order valence-electron chi connectivity index (χ0n) is 15.2. The van der Waals surface area contributed by atoms with E-state index >= 15 is 0 Å². The van der Waals surface area contributed by atoms with Crippen LogP contribution in [0.1, 0.15) is 10.8 Å². The Morgan fingerprint density at radius 3 is 2.33 bits per heavy atom. The first-order valence-electron chi connectivity index (χ1n) is 8.45. The molecule has 0 radical (unpaired) electrons. The molecule has 11 heteroatoms. The molecule has 0 aliphatic rings. The van der Waals surface area contributed by atoms with Crippen molar-refractivity contribution in [3.8, 4) is 0 Å². The molecule has 6 nitrogen and oxygen atoms in total. The summed E-state index contributed by atoms with van der Waals surface area (Å²) in [5.41, 5.74) is 0.217. The molecule has 0 aliphatic carbocycles. The molecule has 1 atom stereocenters. The Balaban J connectivity index is 1.98. The van der Waals surface area contributed by atoms with Crippen molar-refractivity contribution in [3.63, 3.8) is 0 Å². The number of nitrogens with one attached hydrogen (secondary N) is 1. The number of sulfone groups is 1. The van der Waals surface area contributed by atoms with Crippen LogP contribution in [0.15, 0.2) is 76.8 Å². The number of nitrogens with zero attached hydrogens (tertiary/aromatic N) is 1. The van der Waals surface area contributed by atoms with Crippen LogP contribution in [0.4, 0.5) is 8.78 Å². The fourth-order valence-corrected chi connectivity index (χ4v) is 5.72. The Morgan fingerprint density at radius 1 is 1.00 bits per heavy atom. The number of sulfonamides is 1. The molecule has 3 aromatic rings. The quantitative estimate of drug-likeness (QED) is 0.568. The molecule has 2 aromatic carbocycles. The third-order valence-corrected chi connectivity index (χ3v) is 8.02. The monoisotopic (exact) mass is 472 g/mol. The lowest BCUT2D eigenvalue weighted by atomic mass is 10.2. The Hall–Kier alpha value is -2.40. The number of benzene rings is 2. The molecule has 1 aromatic heterocycles. The highest BCUT2D eigenvalue weighted by molar-refractivity contribution is 7.92. The summed E-state index contributed by atoms with van der Waals surface area (Å²) in [6, 6.07) is 10.3. The van der Waals surface area contributed by atoms with Crippen LogP contribution in [-0.4, -0.2) is 28.4 Å². The Kier molecular flexibility index (Phi) is 6.51. The molecule has 0 aliphatic heterocycles. The van der Waals surface area contributed by atoms with Crippen LogP contribution < -0.4 is 4.72 Å². The van der Waals surface area contributed by atoms with Crippen LogP contribution in [0.3, 0.4) is 0 Å². The van der Waals surface area contributed by atoms with Gasteiger partial charge in [0.05, 0.1) is 4.90 Å². The van der Waals surface area contributed by atoms with Crippen LogP contribution in [-0.2, 0) is 19.9 Å². The Bertz CT molecular complexity index is 1250. The molecule has 0 saturated carbocycles. The fraction of sp³-hybridized carbons (Fsp3) is 0.105. The van der Waals surface area contributed by atoms with Gasteiger partial charge >= 0.3 is 0 Å².